The lowest BCUT2D eigenvalue weighted by molar-refractivity contribution is -0.122. The van der Waals surface area contributed by atoms with Crippen molar-refractivity contribution in [3.05, 3.63) is 11.9 Å². The summed E-state index contributed by atoms with van der Waals surface area (Å²) in [4.78, 5) is 11.5. The monoisotopic (exact) mass is 225 g/mol. The summed E-state index contributed by atoms with van der Waals surface area (Å²) in [6.07, 6.45) is 1.69. The second kappa shape index (κ2) is 5.60. The summed E-state index contributed by atoms with van der Waals surface area (Å²) in [6.45, 7) is 6.78. The van der Waals surface area contributed by atoms with Crippen LogP contribution in [0.3, 0.4) is 0 Å². The van der Waals surface area contributed by atoms with Gasteiger partial charge in [0.15, 0.2) is 0 Å². The Morgan fingerprint density at radius 1 is 1.56 bits per heavy atom. The molecule has 6 heteroatoms. The number of carbonyl (C=O) groups is 1. The van der Waals surface area contributed by atoms with Crippen molar-refractivity contribution in [3.63, 3.8) is 0 Å². The summed E-state index contributed by atoms with van der Waals surface area (Å²) in [5.41, 5.74) is 6.33. The average molecular weight is 225 g/mol. The van der Waals surface area contributed by atoms with Crippen LogP contribution in [0.5, 0.6) is 0 Å². The first-order valence-corrected chi connectivity index (χ1v) is 5.41. The van der Waals surface area contributed by atoms with Crippen LogP contribution < -0.4 is 11.1 Å². The Bertz CT molecular complexity index is 345. The lowest BCUT2D eigenvalue weighted by Gasteiger charge is -2.06. The standard InChI is InChI=1S/C10H19N5O/c1-7(2)4-12-10(16)6-15-5-9(8(3)11)13-14-15/h5,7-8H,4,6,11H2,1-3H3,(H,12,16). The number of nitrogens with one attached hydrogen (secondary N) is 1. The SMILES string of the molecule is CC(C)CNC(=O)Cn1cc(C(C)N)nn1. The fourth-order valence-corrected chi connectivity index (χ4v) is 1.12. The highest BCUT2D eigenvalue weighted by Crippen LogP contribution is 2.02. The van der Waals surface area contributed by atoms with Gasteiger partial charge in [-0.3, -0.25) is 4.79 Å². The molecule has 1 amide bonds. The zero-order valence-corrected chi connectivity index (χ0v) is 9.97. The van der Waals surface area contributed by atoms with Gasteiger partial charge in [-0.05, 0) is 12.8 Å². The molecule has 0 aliphatic rings. The first-order chi connectivity index (χ1) is 7.49. The van der Waals surface area contributed by atoms with Gasteiger partial charge in [0.1, 0.15) is 6.54 Å². The highest BCUT2D eigenvalue weighted by atomic mass is 16.2. The van der Waals surface area contributed by atoms with E-state index in [2.05, 4.69) is 15.6 Å². The predicted octanol–water partition coefficient (Wildman–Crippen LogP) is 0.0700. The van der Waals surface area contributed by atoms with Crippen LogP contribution in [-0.4, -0.2) is 27.4 Å². The Balaban J connectivity index is 2.43. The van der Waals surface area contributed by atoms with Crippen LogP contribution >= 0.6 is 0 Å². The summed E-state index contributed by atoms with van der Waals surface area (Å²) in [5, 5.41) is 10.5. The molecule has 1 aromatic heterocycles. The highest BCUT2D eigenvalue weighted by molar-refractivity contribution is 5.75. The molecule has 0 bridgehead atoms. The smallest absolute Gasteiger partial charge is 0.241 e. The molecule has 6 nitrogen and oxygen atoms in total. The summed E-state index contributed by atoms with van der Waals surface area (Å²) < 4.78 is 1.49. The van der Waals surface area contributed by atoms with E-state index in [1.54, 1.807) is 6.20 Å². The van der Waals surface area contributed by atoms with Gasteiger partial charge in [-0.15, -0.1) is 5.10 Å². The van der Waals surface area contributed by atoms with Gasteiger partial charge in [-0.2, -0.15) is 0 Å². The molecule has 0 aromatic carbocycles. The molecule has 3 N–H and O–H groups in total. The minimum absolute atomic E-state index is 0.0603. The van der Waals surface area contributed by atoms with Gasteiger partial charge in [0.25, 0.3) is 0 Å². The number of aromatic nitrogens is 3. The molecule has 90 valence electrons. The van der Waals surface area contributed by atoms with Gasteiger partial charge in [0.2, 0.25) is 5.91 Å². The second-order valence-electron chi connectivity index (χ2n) is 4.33. The molecule has 1 rings (SSSR count). The Morgan fingerprint density at radius 2 is 2.25 bits per heavy atom. The molecule has 0 saturated carbocycles. The predicted molar refractivity (Wildman–Crippen MR) is 60.5 cm³/mol. The zero-order valence-electron chi connectivity index (χ0n) is 9.97. The van der Waals surface area contributed by atoms with Crippen molar-refractivity contribution in [1.29, 1.82) is 0 Å². The Labute approximate surface area is 95.2 Å². The van der Waals surface area contributed by atoms with E-state index in [4.69, 9.17) is 5.73 Å². The fraction of sp³-hybridized carbons (Fsp3) is 0.700. The molecule has 0 aliphatic carbocycles. The molecule has 1 heterocycles. The summed E-state index contributed by atoms with van der Waals surface area (Å²) in [6, 6.07) is -0.160. The van der Waals surface area contributed by atoms with Crippen molar-refractivity contribution < 1.29 is 4.79 Å². The van der Waals surface area contributed by atoms with Crippen LogP contribution in [0.4, 0.5) is 0 Å². The topological polar surface area (TPSA) is 85.8 Å². The van der Waals surface area contributed by atoms with Gasteiger partial charge in [-0.1, -0.05) is 19.1 Å². The van der Waals surface area contributed by atoms with Crippen LogP contribution in [0.1, 0.15) is 32.5 Å². The first-order valence-electron chi connectivity index (χ1n) is 5.41. The second-order valence-corrected chi connectivity index (χ2v) is 4.33. The molecule has 0 fully saturated rings. The summed E-state index contributed by atoms with van der Waals surface area (Å²) in [7, 11) is 0. The van der Waals surface area contributed by atoms with E-state index in [1.165, 1.54) is 4.68 Å². The van der Waals surface area contributed by atoms with E-state index in [-0.39, 0.29) is 18.5 Å². The Kier molecular flexibility index (Phi) is 4.42. The molecule has 0 saturated heterocycles. The van der Waals surface area contributed by atoms with Crippen LogP contribution in [0.15, 0.2) is 6.20 Å². The lowest BCUT2D eigenvalue weighted by Crippen LogP contribution is -2.30. The summed E-state index contributed by atoms with van der Waals surface area (Å²) >= 11 is 0. The average Bonchev–Trinajstić information content (AvgIpc) is 2.63. The fourth-order valence-electron chi connectivity index (χ4n) is 1.12. The van der Waals surface area contributed by atoms with E-state index in [1.807, 2.05) is 20.8 Å². The van der Waals surface area contributed by atoms with Crippen molar-refractivity contribution >= 4 is 5.91 Å². The maximum absolute atomic E-state index is 11.5. The van der Waals surface area contributed by atoms with Crippen LogP contribution in [0, 0.1) is 5.92 Å². The molecule has 1 atom stereocenters. The molecule has 0 aliphatic heterocycles. The van der Waals surface area contributed by atoms with Gasteiger partial charge in [-0.25, -0.2) is 4.68 Å². The molecule has 16 heavy (non-hydrogen) atoms. The maximum atomic E-state index is 11.5. The van der Waals surface area contributed by atoms with Crippen molar-refractivity contribution in [3.8, 4) is 0 Å². The van der Waals surface area contributed by atoms with E-state index < -0.39 is 0 Å². The van der Waals surface area contributed by atoms with Crippen LogP contribution in [0.25, 0.3) is 0 Å². The van der Waals surface area contributed by atoms with E-state index in [0.717, 1.165) is 0 Å². The maximum Gasteiger partial charge on any atom is 0.241 e. The number of rotatable bonds is 5. The van der Waals surface area contributed by atoms with Gasteiger partial charge in [0.05, 0.1) is 11.9 Å². The molecule has 0 radical (unpaired) electrons. The number of carbonyl (C=O) groups excluding carboxylic acids is 1. The van der Waals surface area contributed by atoms with Gasteiger partial charge in [0, 0.05) is 12.6 Å². The first kappa shape index (κ1) is 12.6. The number of nitrogens with zero attached hydrogens (tertiary/aromatic N) is 3. The molecule has 1 aromatic rings. The molecule has 0 spiro atoms. The Hall–Kier alpha value is -1.43. The van der Waals surface area contributed by atoms with Crippen molar-refractivity contribution in [2.45, 2.75) is 33.4 Å². The van der Waals surface area contributed by atoms with Crippen LogP contribution in [-0.2, 0) is 11.3 Å². The quantitative estimate of drug-likeness (QED) is 0.742. The molecule has 1 unspecified atom stereocenters. The van der Waals surface area contributed by atoms with Crippen molar-refractivity contribution in [2.24, 2.45) is 11.7 Å². The summed E-state index contributed by atoms with van der Waals surface area (Å²) in [5.74, 6) is 0.383. The Morgan fingerprint density at radius 3 is 2.75 bits per heavy atom. The largest absolute Gasteiger partial charge is 0.354 e. The molecular weight excluding hydrogens is 206 g/mol. The van der Waals surface area contributed by atoms with Crippen molar-refractivity contribution in [2.75, 3.05) is 6.54 Å². The number of nitrogens with two attached hydrogens (primary N) is 1. The third-order valence-electron chi connectivity index (χ3n) is 2.04. The van der Waals surface area contributed by atoms with E-state index in [0.29, 0.717) is 18.2 Å². The number of hydrogen-bond acceptors (Lipinski definition) is 4. The number of amides is 1. The van der Waals surface area contributed by atoms with Gasteiger partial charge < -0.3 is 11.1 Å². The lowest BCUT2D eigenvalue weighted by atomic mass is 10.2. The molecular formula is C10H19N5O. The van der Waals surface area contributed by atoms with Crippen molar-refractivity contribution in [1.82, 2.24) is 20.3 Å². The minimum atomic E-state index is -0.160. The normalized spacial score (nSPS) is 12.8. The third-order valence-corrected chi connectivity index (χ3v) is 2.04. The zero-order chi connectivity index (χ0) is 12.1. The van der Waals surface area contributed by atoms with E-state index >= 15 is 0 Å². The minimum Gasteiger partial charge on any atom is -0.354 e. The van der Waals surface area contributed by atoms with Crippen LogP contribution in [0.2, 0.25) is 0 Å². The van der Waals surface area contributed by atoms with Gasteiger partial charge >= 0.3 is 0 Å². The van der Waals surface area contributed by atoms with E-state index in [9.17, 15) is 4.79 Å². The third kappa shape index (κ3) is 3.98. The number of hydrogen-bond donors (Lipinski definition) is 2. The highest BCUT2D eigenvalue weighted by Gasteiger charge is 2.08.